The predicted octanol–water partition coefficient (Wildman–Crippen LogP) is 20.6. The number of hydrogen-bond donors (Lipinski definition) is 0. The zero-order chi connectivity index (χ0) is 55.4. The van der Waals surface area contributed by atoms with Crippen molar-refractivity contribution in [2.45, 2.75) is 77.0 Å². The maximum absolute atomic E-state index is 15.8. The van der Waals surface area contributed by atoms with Crippen LogP contribution < -0.4 is 9.80 Å². The van der Waals surface area contributed by atoms with Crippen LogP contribution in [0.3, 0.4) is 0 Å². The van der Waals surface area contributed by atoms with Gasteiger partial charge in [-0.25, -0.2) is 17.6 Å². The molecular formula is C72H56F4N2O2. The van der Waals surface area contributed by atoms with E-state index in [0.717, 1.165) is 89.4 Å². The monoisotopic (exact) mass is 1060 g/mol. The molecule has 2 heterocycles. The topological polar surface area (TPSA) is 32.8 Å². The first-order valence-electron chi connectivity index (χ1n) is 27.2. The van der Waals surface area contributed by atoms with Gasteiger partial charge in [0.2, 0.25) is 0 Å². The molecule has 0 bridgehead atoms. The summed E-state index contributed by atoms with van der Waals surface area (Å²) < 4.78 is 77.2. The van der Waals surface area contributed by atoms with Gasteiger partial charge in [0.15, 0.2) is 11.2 Å². The number of benzene rings is 10. The van der Waals surface area contributed by atoms with Gasteiger partial charge in [0.1, 0.15) is 34.4 Å². The van der Waals surface area contributed by atoms with Crippen molar-refractivity contribution >= 4 is 78.0 Å². The lowest BCUT2D eigenvalue weighted by Crippen LogP contribution is -2.40. The normalized spacial score (nSPS) is 14.2. The minimum Gasteiger partial charge on any atom is -0.454 e. The van der Waals surface area contributed by atoms with Crippen LogP contribution >= 0.6 is 0 Å². The van der Waals surface area contributed by atoms with Crippen LogP contribution in [0.1, 0.15) is 99.9 Å². The van der Waals surface area contributed by atoms with Gasteiger partial charge in [0.05, 0.1) is 28.2 Å². The molecule has 0 saturated carbocycles. The van der Waals surface area contributed by atoms with Crippen LogP contribution in [0.4, 0.5) is 51.7 Å². The molecule has 10 aromatic carbocycles. The first-order valence-corrected chi connectivity index (χ1v) is 27.2. The van der Waals surface area contributed by atoms with E-state index in [1.807, 2.05) is 70.5 Å². The fourth-order valence-corrected chi connectivity index (χ4v) is 13.5. The highest BCUT2D eigenvalue weighted by atomic mass is 19.1. The smallest absolute Gasteiger partial charge is 0.159 e. The molecule has 0 N–H and O–H groups in total. The second-order valence-corrected chi connectivity index (χ2v) is 24.2. The number of hydrogen-bond acceptors (Lipinski definition) is 4. The molecule has 12 aromatic rings. The summed E-state index contributed by atoms with van der Waals surface area (Å²) in [5.74, 6) is -2.92. The molecule has 8 heteroatoms. The van der Waals surface area contributed by atoms with Crippen LogP contribution in [0.25, 0.3) is 55.0 Å². The minimum absolute atomic E-state index is 0.251. The number of fused-ring (bicyclic) bond motifs is 15. The third kappa shape index (κ3) is 7.20. The van der Waals surface area contributed by atoms with E-state index in [2.05, 4.69) is 152 Å². The lowest BCUT2D eigenvalue weighted by molar-refractivity contribution is 0.563. The van der Waals surface area contributed by atoms with Crippen molar-refractivity contribution in [2.75, 3.05) is 9.80 Å². The molecule has 0 fully saturated rings. The van der Waals surface area contributed by atoms with Gasteiger partial charge >= 0.3 is 0 Å². The molecule has 2 aliphatic rings. The molecule has 2 aliphatic carbocycles. The van der Waals surface area contributed by atoms with Crippen LogP contribution in [-0.2, 0) is 21.7 Å². The summed E-state index contributed by atoms with van der Waals surface area (Å²) in [6.45, 7) is 17.5. The molecule has 4 nitrogen and oxygen atoms in total. The Morgan fingerprint density at radius 2 is 0.688 bits per heavy atom. The fourth-order valence-electron chi connectivity index (χ4n) is 13.5. The molecule has 0 unspecified atom stereocenters. The lowest BCUT2D eigenvalue weighted by atomic mass is 9.55. The average molecular weight is 1060 g/mol. The summed E-state index contributed by atoms with van der Waals surface area (Å²) in [4.78, 5) is 3.76. The van der Waals surface area contributed by atoms with Gasteiger partial charge in [-0.1, -0.05) is 177 Å². The predicted molar refractivity (Wildman–Crippen MR) is 317 cm³/mol. The maximum atomic E-state index is 15.8. The molecule has 394 valence electrons. The molecule has 0 radical (unpaired) electrons. The summed E-state index contributed by atoms with van der Waals surface area (Å²) in [6.07, 6.45) is 0. The minimum atomic E-state index is -0.861. The van der Waals surface area contributed by atoms with Crippen LogP contribution in [0, 0.1) is 23.3 Å². The van der Waals surface area contributed by atoms with Crippen molar-refractivity contribution in [3.63, 3.8) is 0 Å². The molecule has 80 heavy (non-hydrogen) atoms. The van der Waals surface area contributed by atoms with E-state index in [1.54, 1.807) is 0 Å². The summed E-state index contributed by atoms with van der Waals surface area (Å²) in [6, 6.07) is 61.3. The Kier molecular flexibility index (Phi) is 10.7. The fraction of sp³-hybridized carbons (Fsp3) is 0.167. The zero-order valence-corrected chi connectivity index (χ0v) is 45.7. The van der Waals surface area contributed by atoms with E-state index < -0.39 is 28.7 Å². The Hall–Kier alpha value is -8.88. The first kappa shape index (κ1) is 49.4. The standard InChI is InChI=1S/C72H56F4N2O2/c1-69(2,3)61-25-13-17-49-51-19-15-27-63(67(51)79-65(49)61)77(47-35-41(73)33-42(74)36-47)45-29-31-55-53(39-45)54-40-46(30-32-56(54)72(55)59-23-11-9-21-57(59)71(7,8)58-22-10-12-24-60(58)72)78(48-37-43(75)34-44(76)38-48)64-28-16-20-52-50-18-14-26-62(70(4,5)6)66(50)80-68(52)64/h9-40H,1-8H3. The van der Waals surface area contributed by atoms with Crippen LogP contribution in [0.2, 0.25) is 0 Å². The second kappa shape index (κ2) is 17.3. The van der Waals surface area contributed by atoms with Gasteiger partial charge in [-0.15, -0.1) is 0 Å². The lowest BCUT2D eigenvalue weighted by Gasteiger charge is -2.46. The van der Waals surface area contributed by atoms with Gasteiger partial charge < -0.3 is 18.6 Å². The largest absolute Gasteiger partial charge is 0.454 e. The highest BCUT2D eigenvalue weighted by Crippen LogP contribution is 2.64. The van der Waals surface area contributed by atoms with Gasteiger partial charge in [-0.3, -0.25) is 0 Å². The van der Waals surface area contributed by atoms with E-state index in [1.165, 1.54) is 35.4 Å². The number of furan rings is 2. The van der Waals surface area contributed by atoms with Crippen molar-refractivity contribution < 1.29 is 26.4 Å². The summed E-state index contributed by atoms with van der Waals surface area (Å²) in [5, 5.41) is 3.60. The molecule has 14 rings (SSSR count). The van der Waals surface area contributed by atoms with E-state index in [-0.39, 0.29) is 27.6 Å². The Labute approximate surface area is 462 Å². The Morgan fingerprint density at radius 3 is 1.06 bits per heavy atom. The summed E-state index contributed by atoms with van der Waals surface area (Å²) in [7, 11) is 0. The molecule has 1 spiro atoms. The van der Waals surface area contributed by atoms with Gasteiger partial charge in [-0.2, -0.15) is 0 Å². The molecular weight excluding hydrogens is 1000 g/mol. The zero-order valence-electron chi connectivity index (χ0n) is 45.7. The maximum Gasteiger partial charge on any atom is 0.159 e. The number of anilines is 6. The third-order valence-electron chi connectivity index (χ3n) is 16.9. The number of nitrogens with zero attached hydrogens (tertiary/aromatic N) is 2. The Balaban J connectivity index is 1.07. The highest BCUT2D eigenvalue weighted by Gasteiger charge is 2.53. The molecule has 0 amide bonds. The molecule has 0 atom stereocenters. The summed E-state index contributed by atoms with van der Waals surface area (Å²) in [5.41, 5.74) is 14.2. The SMILES string of the molecule is CC(C)(C)c1cccc2c1oc1c(N(c3cc(F)cc(F)c3)c3ccc4c(c3)-c3cc(N(c5cc(F)cc(F)c5)c5cccc6c5oc5c(C(C)(C)C)cccc56)ccc3C43c4ccccc4C(C)(C)c4ccccc43)cccc12. The van der Waals surface area contributed by atoms with E-state index in [4.69, 9.17) is 8.83 Å². The van der Waals surface area contributed by atoms with E-state index in [0.29, 0.717) is 33.9 Å². The second-order valence-electron chi connectivity index (χ2n) is 24.2. The van der Waals surface area contributed by atoms with Crippen molar-refractivity contribution in [2.24, 2.45) is 0 Å². The van der Waals surface area contributed by atoms with E-state index in [9.17, 15) is 0 Å². The Morgan fingerprint density at radius 1 is 0.338 bits per heavy atom. The van der Waals surface area contributed by atoms with Crippen molar-refractivity contribution in [3.8, 4) is 11.1 Å². The van der Waals surface area contributed by atoms with Crippen molar-refractivity contribution in [1.29, 1.82) is 0 Å². The third-order valence-corrected chi connectivity index (χ3v) is 16.9. The molecule has 0 saturated heterocycles. The van der Waals surface area contributed by atoms with Crippen LogP contribution in [-0.4, -0.2) is 0 Å². The van der Waals surface area contributed by atoms with Crippen molar-refractivity contribution in [3.05, 3.63) is 262 Å². The average Bonchev–Trinajstić information content (AvgIpc) is 4.21. The molecule has 0 aliphatic heterocycles. The Bertz CT molecular complexity index is 4240. The number of halogens is 4. The number of para-hydroxylation sites is 4. The van der Waals surface area contributed by atoms with Crippen LogP contribution in [0.15, 0.2) is 203 Å². The first-order chi connectivity index (χ1) is 38.3. The van der Waals surface area contributed by atoms with Gasteiger partial charge in [-0.05, 0) is 116 Å². The summed E-state index contributed by atoms with van der Waals surface area (Å²) >= 11 is 0. The quantitative estimate of drug-likeness (QED) is 0.155. The van der Waals surface area contributed by atoms with Crippen molar-refractivity contribution in [1.82, 2.24) is 0 Å². The molecule has 2 aromatic heterocycles. The highest BCUT2D eigenvalue weighted by molar-refractivity contribution is 6.13. The van der Waals surface area contributed by atoms with Gasteiger partial charge in [0, 0.05) is 61.6 Å². The number of rotatable bonds is 6. The van der Waals surface area contributed by atoms with E-state index >= 15 is 17.6 Å². The van der Waals surface area contributed by atoms with Crippen LogP contribution in [0.5, 0.6) is 0 Å². The van der Waals surface area contributed by atoms with Gasteiger partial charge in [0.25, 0.3) is 0 Å².